The molecule has 3 heterocycles. The number of ether oxygens (including phenoxy) is 3. The molecule has 1 aromatic rings. The van der Waals surface area contributed by atoms with E-state index in [2.05, 4.69) is 22.0 Å². The number of cyclic esters (lactones) is 1. The van der Waals surface area contributed by atoms with Gasteiger partial charge in [-0.1, -0.05) is 18.2 Å². The number of pyridine rings is 1. The molecule has 1 aliphatic carbocycles. The van der Waals surface area contributed by atoms with Gasteiger partial charge in [0.1, 0.15) is 18.5 Å². The normalized spacial score (nSPS) is 31.1. The molecular weight excluding hydrogens is 460 g/mol. The third kappa shape index (κ3) is 7.56. The van der Waals surface area contributed by atoms with E-state index in [9.17, 15) is 14.7 Å². The van der Waals surface area contributed by atoms with Crippen molar-refractivity contribution in [2.75, 3.05) is 18.0 Å². The van der Waals surface area contributed by atoms with Crippen LogP contribution in [0.25, 0.3) is 0 Å². The van der Waals surface area contributed by atoms with Crippen molar-refractivity contribution in [3.05, 3.63) is 48.2 Å². The van der Waals surface area contributed by atoms with Crippen LogP contribution in [-0.2, 0) is 25.6 Å². The molecule has 1 saturated heterocycles. The average Bonchev–Trinajstić information content (AvgIpc) is 3.28. The second-order valence-corrected chi connectivity index (χ2v) is 10.1. The van der Waals surface area contributed by atoms with E-state index in [1.54, 1.807) is 6.20 Å². The Balaban J connectivity index is 1.28. The lowest BCUT2D eigenvalue weighted by atomic mass is 9.90. The van der Waals surface area contributed by atoms with Gasteiger partial charge in [0.15, 0.2) is 0 Å². The van der Waals surface area contributed by atoms with Gasteiger partial charge in [-0.25, -0.2) is 14.6 Å². The molecule has 1 saturated carbocycles. The Morgan fingerprint density at radius 2 is 2.00 bits per heavy atom. The van der Waals surface area contributed by atoms with E-state index in [0.29, 0.717) is 12.8 Å². The summed E-state index contributed by atoms with van der Waals surface area (Å²) in [6.45, 7) is 4.03. The smallest absolute Gasteiger partial charge is 0.460 e. The highest BCUT2D eigenvalue weighted by atomic mass is 16.7. The van der Waals surface area contributed by atoms with E-state index in [1.807, 2.05) is 19.1 Å². The molecule has 5 atom stereocenters. The molecule has 3 aliphatic rings. The minimum absolute atomic E-state index is 0.0446. The van der Waals surface area contributed by atoms with E-state index >= 15 is 0 Å². The van der Waals surface area contributed by atoms with Crippen molar-refractivity contribution in [1.29, 1.82) is 0 Å². The summed E-state index contributed by atoms with van der Waals surface area (Å²) in [5.41, 5.74) is 0.807. The van der Waals surface area contributed by atoms with Crippen LogP contribution in [0.3, 0.4) is 0 Å². The fourth-order valence-corrected chi connectivity index (χ4v) is 5.30. The van der Waals surface area contributed by atoms with Gasteiger partial charge in [-0.05, 0) is 82.3 Å². The molecule has 4 rings (SSSR count). The Bertz CT molecular complexity index is 924. The van der Waals surface area contributed by atoms with Gasteiger partial charge >= 0.3 is 12.1 Å². The standard InChI is InChI=1S/C28H38N2O6/c1-20-8-4-2-5-9-22-16-23(17-24(22)25(31)11-13-27(32)35-20)36-28(33)34-19-21-10-12-26(29-18-21)30-14-6-3-7-15-30/h5,9-13,18,20,22-25,31H,2-4,6-8,14-17,19H2,1H3/b9-5+,13-11+/t20-,22+,23-,24+,25+/m0/s1. The Morgan fingerprint density at radius 1 is 1.17 bits per heavy atom. The average molecular weight is 499 g/mol. The number of rotatable bonds is 4. The number of carbonyl (C=O) groups is 2. The molecule has 1 aromatic heterocycles. The molecule has 2 fully saturated rings. The van der Waals surface area contributed by atoms with Gasteiger partial charge in [0.25, 0.3) is 0 Å². The molecule has 1 N–H and O–H groups in total. The fraction of sp³-hybridized carbons (Fsp3) is 0.607. The van der Waals surface area contributed by atoms with Gasteiger partial charge in [-0.3, -0.25) is 0 Å². The van der Waals surface area contributed by atoms with Gasteiger partial charge in [-0.15, -0.1) is 0 Å². The number of nitrogens with zero attached hydrogens (tertiary/aromatic N) is 2. The third-order valence-electron chi connectivity index (χ3n) is 7.28. The summed E-state index contributed by atoms with van der Waals surface area (Å²) in [4.78, 5) is 31.2. The summed E-state index contributed by atoms with van der Waals surface area (Å²) < 4.78 is 16.3. The molecule has 0 spiro atoms. The molecule has 0 radical (unpaired) electrons. The zero-order chi connectivity index (χ0) is 25.3. The van der Waals surface area contributed by atoms with Crippen LogP contribution in [0.1, 0.15) is 63.9 Å². The SMILES string of the molecule is C[C@H]1CCC/C=C/[C@@H]2C[C@H](OC(=O)OCc3ccc(N4CCCCC4)nc3)C[C@H]2[C@H](O)/C=C/C(=O)O1. The Labute approximate surface area is 213 Å². The van der Waals surface area contributed by atoms with E-state index < -0.39 is 18.2 Å². The predicted octanol–water partition coefficient (Wildman–Crippen LogP) is 4.71. The van der Waals surface area contributed by atoms with Crippen molar-refractivity contribution in [3.63, 3.8) is 0 Å². The van der Waals surface area contributed by atoms with Crippen LogP contribution < -0.4 is 4.90 Å². The van der Waals surface area contributed by atoms with Crippen LogP contribution in [0, 0.1) is 11.8 Å². The number of aliphatic hydroxyl groups excluding tert-OH is 1. The summed E-state index contributed by atoms with van der Waals surface area (Å²) in [6.07, 6.45) is 14.0. The van der Waals surface area contributed by atoms with Crippen molar-refractivity contribution >= 4 is 17.9 Å². The summed E-state index contributed by atoms with van der Waals surface area (Å²) in [5, 5.41) is 10.7. The maximum atomic E-state index is 12.4. The van der Waals surface area contributed by atoms with Crippen molar-refractivity contribution in [2.45, 2.75) is 83.2 Å². The zero-order valence-electron chi connectivity index (χ0n) is 21.1. The highest BCUT2D eigenvalue weighted by molar-refractivity contribution is 5.82. The maximum Gasteiger partial charge on any atom is 0.508 e. The summed E-state index contributed by atoms with van der Waals surface area (Å²) in [5.74, 6) is 0.396. The van der Waals surface area contributed by atoms with Crippen LogP contribution in [-0.4, -0.2) is 53.6 Å². The third-order valence-corrected chi connectivity index (χ3v) is 7.28. The molecule has 0 bridgehead atoms. The first kappa shape index (κ1) is 26.2. The lowest BCUT2D eigenvalue weighted by Gasteiger charge is -2.27. The monoisotopic (exact) mass is 498 g/mol. The first-order valence-electron chi connectivity index (χ1n) is 13.2. The molecular formula is C28H38N2O6. The number of piperidine rings is 1. The number of allylic oxidation sites excluding steroid dienone is 2. The first-order valence-corrected chi connectivity index (χ1v) is 13.2. The fourth-order valence-electron chi connectivity index (χ4n) is 5.30. The summed E-state index contributed by atoms with van der Waals surface area (Å²) >= 11 is 0. The Kier molecular flexibility index (Phi) is 9.39. The number of hydrogen-bond acceptors (Lipinski definition) is 8. The van der Waals surface area contributed by atoms with Crippen LogP contribution in [0.4, 0.5) is 10.6 Å². The number of aromatic nitrogens is 1. The number of esters is 1. The molecule has 0 amide bonds. The van der Waals surface area contributed by atoms with Crippen LogP contribution >= 0.6 is 0 Å². The number of aliphatic hydroxyl groups is 1. The minimum Gasteiger partial charge on any atom is -0.460 e. The maximum absolute atomic E-state index is 12.4. The molecule has 0 aromatic carbocycles. The van der Waals surface area contributed by atoms with Gasteiger partial charge in [0.05, 0.1) is 12.2 Å². The van der Waals surface area contributed by atoms with Gasteiger partial charge in [0, 0.05) is 30.9 Å². The lowest BCUT2D eigenvalue weighted by Crippen LogP contribution is -2.30. The van der Waals surface area contributed by atoms with Crippen molar-refractivity contribution < 1.29 is 28.9 Å². The second kappa shape index (κ2) is 12.9. The molecule has 0 unspecified atom stereocenters. The number of fused-ring (bicyclic) bond motifs is 1. The Morgan fingerprint density at radius 3 is 2.78 bits per heavy atom. The topological polar surface area (TPSA) is 98.2 Å². The largest absolute Gasteiger partial charge is 0.508 e. The quantitative estimate of drug-likeness (QED) is 0.471. The molecule has 8 heteroatoms. The summed E-state index contributed by atoms with van der Waals surface area (Å²) in [7, 11) is 0. The van der Waals surface area contributed by atoms with Gasteiger partial charge < -0.3 is 24.2 Å². The predicted molar refractivity (Wildman–Crippen MR) is 135 cm³/mol. The highest BCUT2D eigenvalue weighted by Crippen LogP contribution is 2.38. The van der Waals surface area contributed by atoms with Crippen molar-refractivity contribution in [2.24, 2.45) is 11.8 Å². The van der Waals surface area contributed by atoms with Crippen LogP contribution in [0.15, 0.2) is 42.6 Å². The Hall–Kier alpha value is -2.87. The molecule has 36 heavy (non-hydrogen) atoms. The van der Waals surface area contributed by atoms with Gasteiger partial charge in [0.2, 0.25) is 0 Å². The zero-order valence-corrected chi connectivity index (χ0v) is 21.1. The van der Waals surface area contributed by atoms with E-state index in [4.69, 9.17) is 14.2 Å². The lowest BCUT2D eigenvalue weighted by molar-refractivity contribution is -0.142. The first-order chi connectivity index (χ1) is 17.5. The summed E-state index contributed by atoms with van der Waals surface area (Å²) in [6, 6.07) is 3.90. The van der Waals surface area contributed by atoms with E-state index in [1.165, 1.54) is 31.4 Å². The highest BCUT2D eigenvalue weighted by Gasteiger charge is 2.38. The van der Waals surface area contributed by atoms with Crippen molar-refractivity contribution in [1.82, 2.24) is 4.98 Å². The van der Waals surface area contributed by atoms with E-state index in [0.717, 1.165) is 43.7 Å². The van der Waals surface area contributed by atoms with Gasteiger partial charge in [-0.2, -0.15) is 0 Å². The van der Waals surface area contributed by atoms with Crippen LogP contribution in [0.5, 0.6) is 0 Å². The second-order valence-electron chi connectivity index (χ2n) is 10.1. The molecule has 196 valence electrons. The van der Waals surface area contributed by atoms with E-state index in [-0.39, 0.29) is 30.7 Å². The molecule has 8 nitrogen and oxygen atoms in total. The number of hydrogen-bond donors (Lipinski definition) is 1. The van der Waals surface area contributed by atoms with Crippen molar-refractivity contribution in [3.8, 4) is 0 Å². The minimum atomic E-state index is -0.836. The number of carbonyl (C=O) groups excluding carboxylic acids is 2. The van der Waals surface area contributed by atoms with Crippen LogP contribution in [0.2, 0.25) is 0 Å². The molecule has 2 aliphatic heterocycles. The number of anilines is 1.